The van der Waals surface area contributed by atoms with E-state index in [2.05, 4.69) is 23.5 Å². The number of carbonyl (C=O) groups is 1. The fourth-order valence-electron chi connectivity index (χ4n) is 1.27. The van der Waals surface area contributed by atoms with E-state index in [1.54, 1.807) is 0 Å². The summed E-state index contributed by atoms with van der Waals surface area (Å²) >= 11 is 0. The Labute approximate surface area is 85.7 Å². The Bertz CT molecular complexity index is 219. The summed E-state index contributed by atoms with van der Waals surface area (Å²) in [6, 6.07) is 0.441. The van der Waals surface area contributed by atoms with Crippen molar-refractivity contribution in [1.29, 1.82) is 0 Å². The predicted molar refractivity (Wildman–Crippen MR) is 55.7 cm³/mol. The highest BCUT2D eigenvalue weighted by Gasteiger charge is 2.24. The minimum Gasteiger partial charge on any atom is -0.466 e. The second-order valence-electron chi connectivity index (χ2n) is 4.07. The van der Waals surface area contributed by atoms with Crippen LogP contribution in [0.2, 0.25) is 0 Å². The molecule has 1 fully saturated rings. The Hall–Kier alpha value is -0.990. The number of ether oxygens (including phenoxy) is 1. The van der Waals surface area contributed by atoms with Gasteiger partial charge in [0.15, 0.2) is 0 Å². The fraction of sp³-hybridized carbons (Fsp3) is 0.727. The molecule has 3 heteroatoms. The van der Waals surface area contributed by atoms with Gasteiger partial charge in [0.25, 0.3) is 0 Å². The van der Waals surface area contributed by atoms with Crippen LogP contribution in [0.25, 0.3) is 0 Å². The molecule has 1 aliphatic rings. The van der Waals surface area contributed by atoms with Crippen LogP contribution in [0.4, 0.5) is 0 Å². The van der Waals surface area contributed by atoms with Crippen LogP contribution in [0, 0.1) is 5.92 Å². The smallest absolute Gasteiger partial charge is 0.331 e. The van der Waals surface area contributed by atoms with Crippen LogP contribution < -0.4 is 0 Å². The molecule has 14 heavy (non-hydrogen) atoms. The van der Waals surface area contributed by atoms with Crippen molar-refractivity contribution >= 4 is 5.97 Å². The van der Waals surface area contributed by atoms with E-state index in [-0.39, 0.29) is 5.97 Å². The van der Waals surface area contributed by atoms with Gasteiger partial charge in [0.2, 0.25) is 0 Å². The van der Waals surface area contributed by atoms with Gasteiger partial charge >= 0.3 is 5.97 Å². The number of hydrogen-bond acceptors (Lipinski definition) is 3. The van der Waals surface area contributed by atoms with Crippen molar-refractivity contribution in [2.45, 2.75) is 32.7 Å². The van der Waals surface area contributed by atoms with Gasteiger partial charge in [-0.15, -0.1) is 0 Å². The fourth-order valence-corrected chi connectivity index (χ4v) is 1.27. The Morgan fingerprint density at radius 3 is 2.64 bits per heavy atom. The van der Waals surface area contributed by atoms with Gasteiger partial charge in [-0.05, 0) is 32.6 Å². The van der Waals surface area contributed by atoms with Crippen molar-refractivity contribution in [1.82, 2.24) is 4.90 Å². The van der Waals surface area contributed by atoms with Gasteiger partial charge in [0, 0.05) is 24.9 Å². The Balaban J connectivity index is 2.40. The molecule has 0 unspecified atom stereocenters. The summed E-state index contributed by atoms with van der Waals surface area (Å²) in [6.45, 7) is 5.32. The van der Waals surface area contributed by atoms with E-state index in [1.165, 1.54) is 26.0 Å². The van der Waals surface area contributed by atoms with Gasteiger partial charge < -0.3 is 9.64 Å². The molecule has 0 aliphatic heterocycles. The zero-order chi connectivity index (χ0) is 10.6. The molecule has 0 spiro atoms. The SMILES string of the molecule is COC(=O)C=CN(CC1CC1)C(C)C. The molecule has 0 amide bonds. The van der Waals surface area contributed by atoms with Crippen molar-refractivity contribution in [2.75, 3.05) is 13.7 Å². The molecule has 1 rings (SSSR count). The molecular formula is C11H19NO2. The predicted octanol–water partition coefficient (Wildman–Crippen LogP) is 1.79. The summed E-state index contributed by atoms with van der Waals surface area (Å²) in [4.78, 5) is 13.1. The largest absolute Gasteiger partial charge is 0.466 e. The van der Waals surface area contributed by atoms with Crippen molar-refractivity contribution in [3.05, 3.63) is 12.3 Å². The molecule has 0 atom stereocenters. The maximum atomic E-state index is 10.9. The van der Waals surface area contributed by atoms with Gasteiger partial charge in [0.05, 0.1) is 7.11 Å². The van der Waals surface area contributed by atoms with E-state index in [1.807, 2.05) is 6.20 Å². The molecule has 0 heterocycles. The third-order valence-corrected chi connectivity index (χ3v) is 2.43. The molecule has 3 nitrogen and oxygen atoms in total. The van der Waals surface area contributed by atoms with Crippen LogP contribution in [0.5, 0.6) is 0 Å². The first-order valence-electron chi connectivity index (χ1n) is 5.15. The summed E-state index contributed by atoms with van der Waals surface area (Å²) in [5.74, 6) is 0.547. The summed E-state index contributed by atoms with van der Waals surface area (Å²) in [7, 11) is 1.40. The van der Waals surface area contributed by atoms with Crippen molar-refractivity contribution in [3.63, 3.8) is 0 Å². The maximum absolute atomic E-state index is 10.9. The third kappa shape index (κ3) is 3.81. The highest BCUT2D eigenvalue weighted by Crippen LogP contribution is 2.30. The molecule has 0 N–H and O–H groups in total. The molecule has 1 aliphatic carbocycles. The first-order valence-corrected chi connectivity index (χ1v) is 5.15. The quantitative estimate of drug-likeness (QED) is 0.497. The van der Waals surface area contributed by atoms with E-state index < -0.39 is 0 Å². The minimum absolute atomic E-state index is 0.286. The minimum atomic E-state index is -0.286. The van der Waals surface area contributed by atoms with Crippen molar-refractivity contribution < 1.29 is 9.53 Å². The summed E-state index contributed by atoms with van der Waals surface area (Å²) in [6.07, 6.45) is 5.99. The first-order chi connectivity index (χ1) is 6.63. The first kappa shape index (κ1) is 11.1. The van der Waals surface area contributed by atoms with Crippen LogP contribution >= 0.6 is 0 Å². The lowest BCUT2D eigenvalue weighted by atomic mass is 10.3. The molecule has 0 aromatic carbocycles. The molecule has 0 aromatic rings. The highest BCUT2D eigenvalue weighted by atomic mass is 16.5. The number of esters is 1. The molecular weight excluding hydrogens is 178 g/mol. The average molecular weight is 197 g/mol. The number of nitrogens with zero attached hydrogens (tertiary/aromatic N) is 1. The summed E-state index contributed by atoms with van der Waals surface area (Å²) < 4.78 is 4.55. The third-order valence-electron chi connectivity index (χ3n) is 2.43. The maximum Gasteiger partial charge on any atom is 0.331 e. The van der Waals surface area contributed by atoms with E-state index in [0.29, 0.717) is 6.04 Å². The zero-order valence-electron chi connectivity index (χ0n) is 9.19. The summed E-state index contributed by atoms with van der Waals surface area (Å²) in [5.41, 5.74) is 0. The average Bonchev–Trinajstić information content (AvgIpc) is 2.94. The van der Waals surface area contributed by atoms with Crippen LogP contribution in [-0.4, -0.2) is 30.6 Å². The van der Waals surface area contributed by atoms with E-state index in [0.717, 1.165) is 12.5 Å². The number of carbonyl (C=O) groups excluding carboxylic acids is 1. The lowest BCUT2D eigenvalue weighted by Gasteiger charge is -2.24. The number of rotatable bonds is 5. The van der Waals surface area contributed by atoms with E-state index in [4.69, 9.17) is 0 Å². The zero-order valence-corrected chi connectivity index (χ0v) is 9.19. The van der Waals surface area contributed by atoms with Gasteiger partial charge in [0.1, 0.15) is 0 Å². The number of hydrogen-bond donors (Lipinski definition) is 0. The monoisotopic (exact) mass is 197 g/mol. The lowest BCUT2D eigenvalue weighted by molar-refractivity contribution is -0.134. The van der Waals surface area contributed by atoms with E-state index in [9.17, 15) is 4.79 Å². The van der Waals surface area contributed by atoms with Crippen LogP contribution in [-0.2, 0) is 9.53 Å². The van der Waals surface area contributed by atoms with Gasteiger partial charge in [-0.3, -0.25) is 0 Å². The van der Waals surface area contributed by atoms with Crippen LogP contribution in [0.15, 0.2) is 12.3 Å². The van der Waals surface area contributed by atoms with Crippen LogP contribution in [0.1, 0.15) is 26.7 Å². The topological polar surface area (TPSA) is 29.5 Å². The van der Waals surface area contributed by atoms with Gasteiger partial charge in [-0.25, -0.2) is 4.79 Å². The molecule has 0 bridgehead atoms. The number of methoxy groups -OCH3 is 1. The Kier molecular flexibility index (Phi) is 3.98. The highest BCUT2D eigenvalue weighted by molar-refractivity contribution is 5.81. The second-order valence-corrected chi connectivity index (χ2v) is 4.07. The van der Waals surface area contributed by atoms with Crippen molar-refractivity contribution in [3.8, 4) is 0 Å². The second kappa shape index (κ2) is 5.03. The van der Waals surface area contributed by atoms with Gasteiger partial charge in [-0.2, -0.15) is 0 Å². The Morgan fingerprint density at radius 2 is 2.21 bits per heavy atom. The molecule has 1 saturated carbocycles. The van der Waals surface area contributed by atoms with E-state index >= 15 is 0 Å². The standard InChI is InChI=1S/C11H19NO2/c1-9(2)12(8-10-4-5-10)7-6-11(13)14-3/h6-7,9-10H,4-5,8H2,1-3H3. The molecule has 80 valence electrons. The normalized spacial score (nSPS) is 16.3. The van der Waals surface area contributed by atoms with Crippen LogP contribution in [0.3, 0.4) is 0 Å². The van der Waals surface area contributed by atoms with Crippen molar-refractivity contribution in [2.24, 2.45) is 5.92 Å². The summed E-state index contributed by atoms with van der Waals surface area (Å²) in [5, 5.41) is 0. The van der Waals surface area contributed by atoms with Gasteiger partial charge in [-0.1, -0.05) is 0 Å². The molecule has 0 radical (unpaired) electrons. The molecule has 0 aromatic heterocycles. The Morgan fingerprint density at radius 1 is 1.57 bits per heavy atom. The lowest BCUT2D eigenvalue weighted by Crippen LogP contribution is -2.27. The molecule has 0 saturated heterocycles.